The van der Waals surface area contributed by atoms with Gasteiger partial charge in [0.2, 0.25) is 5.95 Å². The maximum absolute atomic E-state index is 12.6. The predicted octanol–water partition coefficient (Wildman–Crippen LogP) is 3.65. The summed E-state index contributed by atoms with van der Waals surface area (Å²) < 4.78 is 16.4. The summed E-state index contributed by atoms with van der Waals surface area (Å²) in [6, 6.07) is 7.22. The lowest BCUT2D eigenvalue weighted by atomic mass is 10.2. The molecule has 2 N–H and O–H groups in total. The topological polar surface area (TPSA) is 110 Å². The molecule has 196 valence electrons. The fourth-order valence-corrected chi connectivity index (χ4v) is 3.97. The highest BCUT2D eigenvalue weighted by molar-refractivity contribution is 5.92. The van der Waals surface area contributed by atoms with Gasteiger partial charge in [-0.15, -0.1) is 0 Å². The SMILES string of the molecule is COc1cc2nc(N(C)CCCCCCN(C)C(=O)c3ccc(CN(C)C)o3)nc(N)c2cc1OC. The maximum Gasteiger partial charge on any atom is 0.289 e. The Balaban J connectivity index is 1.44. The van der Waals surface area contributed by atoms with E-state index in [1.54, 1.807) is 31.3 Å². The number of carbonyl (C=O) groups is 1. The molecule has 0 unspecified atom stereocenters. The molecule has 0 spiro atoms. The summed E-state index contributed by atoms with van der Waals surface area (Å²) in [4.78, 5) is 27.5. The summed E-state index contributed by atoms with van der Waals surface area (Å²) in [5, 5.41) is 0.729. The van der Waals surface area contributed by atoms with Crippen LogP contribution >= 0.6 is 0 Å². The predicted molar refractivity (Wildman–Crippen MR) is 142 cm³/mol. The van der Waals surface area contributed by atoms with Crippen LogP contribution in [0.5, 0.6) is 11.5 Å². The normalized spacial score (nSPS) is 11.2. The van der Waals surface area contributed by atoms with Gasteiger partial charge in [0.25, 0.3) is 5.91 Å². The lowest BCUT2D eigenvalue weighted by Gasteiger charge is -2.19. The number of carbonyl (C=O) groups excluding carboxylic acids is 1. The molecule has 0 aliphatic carbocycles. The molecule has 3 rings (SSSR count). The highest BCUT2D eigenvalue weighted by Crippen LogP contribution is 2.34. The van der Waals surface area contributed by atoms with E-state index in [9.17, 15) is 4.79 Å². The Kier molecular flexibility index (Phi) is 9.35. The Morgan fingerprint density at radius 2 is 1.61 bits per heavy atom. The van der Waals surface area contributed by atoms with Crippen molar-refractivity contribution in [3.8, 4) is 11.5 Å². The number of anilines is 2. The molecule has 2 heterocycles. The van der Waals surface area contributed by atoms with Crippen molar-refractivity contribution in [1.29, 1.82) is 0 Å². The first-order valence-corrected chi connectivity index (χ1v) is 12.1. The Hall–Kier alpha value is -3.53. The Bertz CT molecular complexity index is 1160. The minimum absolute atomic E-state index is 0.0833. The maximum atomic E-state index is 12.6. The average molecular weight is 499 g/mol. The zero-order valence-corrected chi connectivity index (χ0v) is 22.2. The number of hydrogen-bond donors (Lipinski definition) is 1. The number of aromatic nitrogens is 2. The molecule has 0 aliphatic heterocycles. The van der Waals surface area contributed by atoms with Gasteiger partial charge in [-0.1, -0.05) is 12.8 Å². The van der Waals surface area contributed by atoms with E-state index in [0.717, 1.165) is 43.4 Å². The van der Waals surface area contributed by atoms with Gasteiger partial charge in [-0.2, -0.15) is 4.98 Å². The van der Waals surface area contributed by atoms with Crippen molar-refractivity contribution < 1.29 is 18.7 Å². The Morgan fingerprint density at radius 3 is 2.28 bits per heavy atom. The lowest BCUT2D eigenvalue weighted by Crippen LogP contribution is -2.27. The van der Waals surface area contributed by atoms with Gasteiger partial charge in [-0.25, -0.2) is 4.98 Å². The van der Waals surface area contributed by atoms with Crippen molar-refractivity contribution in [2.24, 2.45) is 0 Å². The van der Waals surface area contributed by atoms with Gasteiger partial charge in [0.1, 0.15) is 11.6 Å². The number of benzene rings is 1. The van der Waals surface area contributed by atoms with Crippen molar-refractivity contribution in [3.05, 3.63) is 35.8 Å². The molecule has 0 atom stereocenters. The number of hydrogen-bond acceptors (Lipinski definition) is 9. The highest BCUT2D eigenvalue weighted by Gasteiger charge is 2.16. The third kappa shape index (κ3) is 6.78. The first-order valence-electron chi connectivity index (χ1n) is 12.1. The summed E-state index contributed by atoms with van der Waals surface area (Å²) >= 11 is 0. The van der Waals surface area contributed by atoms with Crippen molar-refractivity contribution in [2.75, 3.05) is 66.1 Å². The van der Waals surface area contributed by atoms with Gasteiger partial charge in [0.05, 0.1) is 26.3 Å². The minimum Gasteiger partial charge on any atom is -0.493 e. The number of unbranched alkanes of at least 4 members (excludes halogenated alkanes) is 3. The molecule has 0 fully saturated rings. The van der Waals surface area contributed by atoms with E-state index in [-0.39, 0.29) is 5.91 Å². The summed E-state index contributed by atoms with van der Waals surface area (Å²) in [6.45, 7) is 2.16. The largest absolute Gasteiger partial charge is 0.493 e. The van der Waals surface area contributed by atoms with Crippen LogP contribution in [-0.2, 0) is 6.54 Å². The van der Waals surface area contributed by atoms with Crippen LogP contribution in [0.3, 0.4) is 0 Å². The fraction of sp³-hybridized carbons (Fsp3) is 0.500. The lowest BCUT2D eigenvalue weighted by molar-refractivity contribution is 0.0758. The monoisotopic (exact) mass is 498 g/mol. The van der Waals surface area contributed by atoms with E-state index in [2.05, 4.69) is 9.97 Å². The molecule has 1 aromatic carbocycles. The number of nitrogens with two attached hydrogens (primary N) is 1. The number of nitrogen functional groups attached to an aromatic ring is 1. The Labute approximate surface area is 213 Å². The summed E-state index contributed by atoms with van der Waals surface area (Å²) in [6.07, 6.45) is 3.97. The van der Waals surface area contributed by atoms with Crippen LogP contribution < -0.4 is 20.1 Å². The van der Waals surface area contributed by atoms with E-state index in [1.807, 2.05) is 50.1 Å². The molecule has 10 nitrogen and oxygen atoms in total. The van der Waals surface area contributed by atoms with E-state index in [1.165, 1.54) is 0 Å². The van der Waals surface area contributed by atoms with Gasteiger partial charge < -0.3 is 34.3 Å². The molecule has 0 saturated heterocycles. The van der Waals surface area contributed by atoms with Gasteiger partial charge in [-0.3, -0.25) is 4.79 Å². The van der Waals surface area contributed by atoms with Gasteiger partial charge in [0, 0.05) is 38.6 Å². The van der Waals surface area contributed by atoms with Crippen LogP contribution in [0.1, 0.15) is 42.0 Å². The first-order chi connectivity index (χ1) is 17.2. The van der Waals surface area contributed by atoms with Crippen molar-refractivity contribution in [1.82, 2.24) is 19.8 Å². The molecule has 3 aromatic rings. The van der Waals surface area contributed by atoms with E-state index in [0.29, 0.717) is 47.6 Å². The van der Waals surface area contributed by atoms with Crippen LogP contribution in [0.2, 0.25) is 0 Å². The van der Waals surface area contributed by atoms with Crippen LogP contribution in [0.25, 0.3) is 10.9 Å². The Morgan fingerprint density at radius 1 is 0.944 bits per heavy atom. The minimum atomic E-state index is -0.0833. The fourth-order valence-electron chi connectivity index (χ4n) is 3.97. The number of ether oxygens (including phenoxy) is 2. The second-order valence-corrected chi connectivity index (χ2v) is 9.20. The molecule has 0 aliphatic rings. The molecule has 10 heteroatoms. The zero-order valence-electron chi connectivity index (χ0n) is 22.2. The first kappa shape index (κ1) is 27.1. The number of rotatable bonds is 13. The standard InChI is InChI=1S/C26H38N6O4/c1-30(2)17-18-11-12-21(36-18)25(33)31(3)13-9-7-8-10-14-32(4)26-28-20-16-23(35-6)22(34-5)15-19(20)24(27)29-26/h11-12,15-16H,7-10,13-14,17H2,1-6H3,(H2,27,28,29). The van der Waals surface area contributed by atoms with Gasteiger partial charge in [0.15, 0.2) is 17.3 Å². The van der Waals surface area contributed by atoms with Crippen LogP contribution in [0, 0.1) is 0 Å². The zero-order chi connectivity index (χ0) is 26.2. The third-order valence-electron chi connectivity index (χ3n) is 5.99. The van der Waals surface area contributed by atoms with Crippen molar-refractivity contribution in [3.63, 3.8) is 0 Å². The van der Waals surface area contributed by atoms with E-state index < -0.39 is 0 Å². The third-order valence-corrected chi connectivity index (χ3v) is 5.99. The smallest absolute Gasteiger partial charge is 0.289 e. The molecule has 36 heavy (non-hydrogen) atoms. The molecular formula is C26H38N6O4. The van der Waals surface area contributed by atoms with Crippen LogP contribution in [0.4, 0.5) is 11.8 Å². The number of fused-ring (bicyclic) bond motifs is 1. The number of nitrogens with zero attached hydrogens (tertiary/aromatic N) is 5. The van der Waals surface area contributed by atoms with E-state index in [4.69, 9.17) is 19.6 Å². The molecule has 0 radical (unpaired) electrons. The molecule has 1 amide bonds. The number of furan rings is 1. The van der Waals surface area contributed by atoms with Gasteiger partial charge >= 0.3 is 0 Å². The van der Waals surface area contributed by atoms with E-state index >= 15 is 0 Å². The molecule has 0 bridgehead atoms. The molecular weight excluding hydrogens is 460 g/mol. The quantitative estimate of drug-likeness (QED) is 0.353. The second kappa shape index (κ2) is 12.4. The number of amides is 1. The summed E-state index contributed by atoms with van der Waals surface area (Å²) in [5.41, 5.74) is 6.91. The van der Waals surface area contributed by atoms with Crippen LogP contribution in [-0.4, -0.2) is 81.2 Å². The molecule has 0 saturated carbocycles. The molecule has 2 aromatic heterocycles. The second-order valence-electron chi connectivity index (χ2n) is 9.20. The number of methoxy groups -OCH3 is 2. The average Bonchev–Trinajstić information content (AvgIpc) is 3.32. The van der Waals surface area contributed by atoms with Crippen molar-refractivity contribution in [2.45, 2.75) is 32.2 Å². The summed E-state index contributed by atoms with van der Waals surface area (Å²) in [5.74, 6) is 3.26. The van der Waals surface area contributed by atoms with Crippen LogP contribution in [0.15, 0.2) is 28.7 Å². The summed E-state index contributed by atoms with van der Waals surface area (Å²) in [7, 11) is 10.9. The van der Waals surface area contributed by atoms with Gasteiger partial charge in [-0.05, 0) is 45.1 Å². The van der Waals surface area contributed by atoms with Crippen molar-refractivity contribution >= 4 is 28.6 Å². The highest BCUT2D eigenvalue weighted by atomic mass is 16.5.